The molecule has 2 aromatic heterocycles. The van der Waals surface area contributed by atoms with E-state index in [0.29, 0.717) is 12.2 Å². The highest BCUT2D eigenvalue weighted by molar-refractivity contribution is 5.89. The molecule has 4 aromatic rings. The Morgan fingerprint density at radius 2 is 1.73 bits per heavy atom. The van der Waals surface area contributed by atoms with Crippen molar-refractivity contribution in [1.29, 1.82) is 0 Å². The van der Waals surface area contributed by atoms with Crippen molar-refractivity contribution in [3.8, 4) is 17.0 Å². The Bertz CT molecular complexity index is 1120. The average molecular weight is 347 g/mol. The van der Waals surface area contributed by atoms with Gasteiger partial charge in [0, 0.05) is 23.0 Å². The predicted molar refractivity (Wildman–Crippen MR) is 106 cm³/mol. The molecule has 0 saturated heterocycles. The average Bonchev–Trinajstić information content (AvgIpc) is 3.04. The van der Waals surface area contributed by atoms with Gasteiger partial charge < -0.3 is 19.6 Å². The SMILES string of the molecule is CN(C)CCOc1ccc2[nH]c(-c3cc4ccccc4[nH]c3=O)cc2c1. The quantitative estimate of drug-likeness (QED) is 0.580. The Kier molecular flexibility index (Phi) is 4.22. The molecule has 0 fully saturated rings. The van der Waals surface area contributed by atoms with Gasteiger partial charge in [0.05, 0.1) is 11.3 Å². The molecule has 5 nitrogen and oxygen atoms in total. The summed E-state index contributed by atoms with van der Waals surface area (Å²) in [5.74, 6) is 0.831. The van der Waals surface area contributed by atoms with Crippen molar-refractivity contribution in [2.75, 3.05) is 27.2 Å². The lowest BCUT2D eigenvalue weighted by Crippen LogP contribution is -2.19. The Labute approximate surface area is 151 Å². The third kappa shape index (κ3) is 3.21. The molecular weight excluding hydrogens is 326 g/mol. The number of benzene rings is 2. The van der Waals surface area contributed by atoms with Crippen LogP contribution in [-0.4, -0.2) is 42.1 Å². The second kappa shape index (κ2) is 6.69. The van der Waals surface area contributed by atoms with E-state index in [2.05, 4.69) is 14.9 Å². The largest absolute Gasteiger partial charge is 0.492 e. The van der Waals surface area contributed by atoms with Gasteiger partial charge in [0.2, 0.25) is 0 Å². The molecule has 0 aliphatic rings. The van der Waals surface area contributed by atoms with Gasteiger partial charge in [0.25, 0.3) is 5.56 Å². The Hall–Kier alpha value is -3.05. The summed E-state index contributed by atoms with van der Waals surface area (Å²) in [6.07, 6.45) is 0. The molecule has 2 aromatic carbocycles. The molecule has 26 heavy (non-hydrogen) atoms. The molecule has 0 aliphatic carbocycles. The Morgan fingerprint density at radius 3 is 2.58 bits per heavy atom. The minimum Gasteiger partial charge on any atom is -0.492 e. The van der Waals surface area contributed by atoms with E-state index < -0.39 is 0 Å². The minimum atomic E-state index is -0.0993. The molecule has 0 bridgehead atoms. The van der Waals surface area contributed by atoms with Crippen LogP contribution in [0.3, 0.4) is 0 Å². The van der Waals surface area contributed by atoms with Gasteiger partial charge >= 0.3 is 0 Å². The van der Waals surface area contributed by atoms with Crippen LogP contribution in [0.2, 0.25) is 0 Å². The van der Waals surface area contributed by atoms with Gasteiger partial charge in [-0.3, -0.25) is 4.79 Å². The normalized spacial score (nSPS) is 11.5. The van der Waals surface area contributed by atoms with Crippen LogP contribution in [0.5, 0.6) is 5.75 Å². The molecule has 2 heterocycles. The zero-order valence-corrected chi connectivity index (χ0v) is 14.9. The van der Waals surface area contributed by atoms with E-state index in [1.54, 1.807) is 0 Å². The molecule has 0 aliphatic heterocycles. The first kappa shape index (κ1) is 16.4. The van der Waals surface area contributed by atoms with Gasteiger partial charge in [-0.25, -0.2) is 0 Å². The zero-order valence-electron chi connectivity index (χ0n) is 14.9. The minimum absolute atomic E-state index is 0.0993. The van der Waals surface area contributed by atoms with E-state index in [1.807, 2.05) is 68.7 Å². The van der Waals surface area contributed by atoms with Gasteiger partial charge in [-0.15, -0.1) is 0 Å². The van der Waals surface area contributed by atoms with Crippen molar-refractivity contribution in [1.82, 2.24) is 14.9 Å². The molecule has 0 radical (unpaired) electrons. The summed E-state index contributed by atoms with van der Waals surface area (Å²) in [4.78, 5) is 20.8. The Balaban J connectivity index is 1.69. The number of para-hydroxylation sites is 1. The first-order valence-corrected chi connectivity index (χ1v) is 8.63. The van der Waals surface area contributed by atoms with Gasteiger partial charge in [-0.1, -0.05) is 18.2 Å². The fourth-order valence-electron chi connectivity index (χ4n) is 3.04. The topological polar surface area (TPSA) is 61.1 Å². The zero-order chi connectivity index (χ0) is 18.1. The summed E-state index contributed by atoms with van der Waals surface area (Å²) >= 11 is 0. The van der Waals surface area contributed by atoms with Crippen molar-refractivity contribution in [3.63, 3.8) is 0 Å². The number of rotatable bonds is 5. The van der Waals surface area contributed by atoms with Crippen molar-refractivity contribution >= 4 is 21.8 Å². The number of ether oxygens (including phenoxy) is 1. The molecule has 0 spiro atoms. The second-order valence-electron chi connectivity index (χ2n) is 6.68. The molecule has 0 atom stereocenters. The smallest absolute Gasteiger partial charge is 0.257 e. The summed E-state index contributed by atoms with van der Waals surface area (Å²) in [5, 5.41) is 2.03. The standard InChI is InChI=1S/C21H21N3O2/c1-24(2)9-10-26-16-7-8-19-15(11-16)13-20(22-19)17-12-14-5-3-4-6-18(14)23-21(17)25/h3-8,11-13,22H,9-10H2,1-2H3,(H,23,25). The molecule has 0 amide bonds. The van der Waals surface area contributed by atoms with Crippen molar-refractivity contribution < 1.29 is 4.74 Å². The highest BCUT2D eigenvalue weighted by Gasteiger charge is 2.09. The maximum Gasteiger partial charge on any atom is 0.257 e. The maximum absolute atomic E-state index is 12.5. The number of pyridine rings is 1. The lowest BCUT2D eigenvalue weighted by Gasteiger charge is -2.10. The Morgan fingerprint density at radius 1 is 0.923 bits per heavy atom. The van der Waals surface area contributed by atoms with E-state index >= 15 is 0 Å². The number of nitrogens with one attached hydrogen (secondary N) is 2. The number of likely N-dealkylation sites (N-methyl/N-ethyl adjacent to an activating group) is 1. The first-order valence-electron chi connectivity index (χ1n) is 8.63. The predicted octanol–water partition coefficient (Wildman–Crippen LogP) is 3.62. The van der Waals surface area contributed by atoms with E-state index in [1.165, 1.54) is 0 Å². The van der Waals surface area contributed by atoms with Crippen molar-refractivity contribution in [3.05, 3.63) is 65.0 Å². The van der Waals surface area contributed by atoms with Gasteiger partial charge in [-0.2, -0.15) is 0 Å². The summed E-state index contributed by atoms with van der Waals surface area (Å²) in [5.41, 5.74) is 3.16. The van der Waals surface area contributed by atoms with Crippen LogP contribution in [0.4, 0.5) is 0 Å². The third-order valence-electron chi connectivity index (χ3n) is 4.44. The number of H-pyrrole nitrogens is 2. The monoisotopic (exact) mass is 347 g/mol. The number of aromatic nitrogens is 2. The molecular formula is C21H21N3O2. The molecule has 132 valence electrons. The second-order valence-corrected chi connectivity index (χ2v) is 6.68. The number of aromatic amines is 2. The van der Waals surface area contributed by atoms with Crippen LogP contribution < -0.4 is 10.3 Å². The number of hydrogen-bond acceptors (Lipinski definition) is 3. The van der Waals surface area contributed by atoms with E-state index in [4.69, 9.17) is 4.74 Å². The molecule has 0 saturated carbocycles. The van der Waals surface area contributed by atoms with Gasteiger partial charge in [0.15, 0.2) is 0 Å². The third-order valence-corrected chi connectivity index (χ3v) is 4.44. The van der Waals surface area contributed by atoms with Crippen LogP contribution in [0, 0.1) is 0 Å². The number of fused-ring (bicyclic) bond motifs is 2. The van der Waals surface area contributed by atoms with Crippen molar-refractivity contribution in [2.45, 2.75) is 0 Å². The number of hydrogen-bond donors (Lipinski definition) is 2. The van der Waals surface area contributed by atoms with Gasteiger partial charge in [-0.05, 0) is 55.9 Å². The lowest BCUT2D eigenvalue weighted by atomic mass is 10.1. The van der Waals surface area contributed by atoms with Crippen LogP contribution in [0.1, 0.15) is 0 Å². The van der Waals surface area contributed by atoms with E-state index in [0.717, 1.165) is 39.8 Å². The summed E-state index contributed by atoms with van der Waals surface area (Å²) in [6.45, 7) is 1.50. The van der Waals surface area contributed by atoms with Crippen LogP contribution in [-0.2, 0) is 0 Å². The highest BCUT2D eigenvalue weighted by atomic mass is 16.5. The maximum atomic E-state index is 12.5. The fourth-order valence-corrected chi connectivity index (χ4v) is 3.04. The van der Waals surface area contributed by atoms with E-state index in [-0.39, 0.29) is 5.56 Å². The van der Waals surface area contributed by atoms with Crippen LogP contribution in [0.15, 0.2) is 59.4 Å². The molecule has 5 heteroatoms. The fraction of sp³-hybridized carbons (Fsp3) is 0.190. The number of nitrogens with zero attached hydrogens (tertiary/aromatic N) is 1. The van der Waals surface area contributed by atoms with Crippen LogP contribution in [0.25, 0.3) is 33.1 Å². The van der Waals surface area contributed by atoms with E-state index in [9.17, 15) is 4.79 Å². The van der Waals surface area contributed by atoms with Crippen LogP contribution >= 0.6 is 0 Å². The summed E-state index contributed by atoms with van der Waals surface area (Å²) in [6, 6.07) is 17.6. The highest BCUT2D eigenvalue weighted by Crippen LogP contribution is 2.26. The van der Waals surface area contributed by atoms with Crippen molar-refractivity contribution in [2.24, 2.45) is 0 Å². The van der Waals surface area contributed by atoms with Gasteiger partial charge in [0.1, 0.15) is 12.4 Å². The summed E-state index contributed by atoms with van der Waals surface area (Å²) in [7, 11) is 4.04. The molecule has 4 rings (SSSR count). The summed E-state index contributed by atoms with van der Waals surface area (Å²) < 4.78 is 5.80. The lowest BCUT2D eigenvalue weighted by molar-refractivity contribution is 0.261. The molecule has 2 N–H and O–H groups in total. The molecule has 0 unspecified atom stereocenters. The first-order chi connectivity index (χ1) is 12.6.